The minimum absolute atomic E-state index is 0.688. The number of ether oxygens (including phenoxy) is 2. The third-order valence-corrected chi connectivity index (χ3v) is 5.13. The van der Waals surface area contributed by atoms with Crippen molar-refractivity contribution >= 4 is 11.8 Å². The summed E-state index contributed by atoms with van der Waals surface area (Å²) >= 11 is 0. The lowest BCUT2D eigenvalue weighted by atomic mass is 10.1. The van der Waals surface area contributed by atoms with Crippen LogP contribution in [0.4, 0.5) is 11.8 Å². The van der Waals surface area contributed by atoms with Crippen molar-refractivity contribution in [2.45, 2.75) is 20.3 Å². The lowest BCUT2D eigenvalue weighted by Crippen LogP contribution is -2.46. The molecule has 2 heterocycles. The zero-order chi connectivity index (χ0) is 19.9. The molecule has 3 rings (SSSR count). The highest BCUT2D eigenvalue weighted by Gasteiger charge is 2.17. The van der Waals surface area contributed by atoms with Crippen molar-refractivity contribution in [2.75, 3.05) is 63.7 Å². The molecule has 1 aromatic carbocycles. The molecule has 28 heavy (non-hydrogen) atoms. The van der Waals surface area contributed by atoms with Crippen molar-refractivity contribution in [3.05, 3.63) is 35.5 Å². The first-order valence-corrected chi connectivity index (χ1v) is 9.90. The fraction of sp³-hybridized carbons (Fsp3) is 0.524. The first-order chi connectivity index (χ1) is 13.6. The quantitative estimate of drug-likeness (QED) is 0.749. The van der Waals surface area contributed by atoms with Gasteiger partial charge in [-0.15, -0.1) is 0 Å². The first-order valence-electron chi connectivity index (χ1n) is 9.90. The molecule has 1 aliphatic heterocycles. The van der Waals surface area contributed by atoms with E-state index in [1.807, 2.05) is 19.1 Å². The third kappa shape index (κ3) is 5.04. The van der Waals surface area contributed by atoms with Crippen LogP contribution in [0.25, 0.3) is 0 Å². The van der Waals surface area contributed by atoms with Crippen molar-refractivity contribution in [3.63, 3.8) is 0 Å². The Hall–Kier alpha value is -2.54. The summed E-state index contributed by atoms with van der Waals surface area (Å²) in [6.45, 7) is 10.3. The van der Waals surface area contributed by atoms with Crippen molar-refractivity contribution in [2.24, 2.45) is 0 Å². The lowest BCUT2D eigenvalue weighted by Gasteiger charge is -2.34. The summed E-state index contributed by atoms with van der Waals surface area (Å²) in [5.41, 5.74) is 2.16. The van der Waals surface area contributed by atoms with Gasteiger partial charge in [0.25, 0.3) is 0 Å². The summed E-state index contributed by atoms with van der Waals surface area (Å²) in [5.74, 6) is 3.19. The van der Waals surface area contributed by atoms with Crippen LogP contribution in [0.5, 0.6) is 11.5 Å². The van der Waals surface area contributed by atoms with Crippen LogP contribution in [0.2, 0.25) is 0 Å². The van der Waals surface area contributed by atoms with Gasteiger partial charge >= 0.3 is 0 Å². The van der Waals surface area contributed by atoms with Gasteiger partial charge < -0.3 is 24.6 Å². The number of methoxy groups -OCH3 is 2. The van der Waals surface area contributed by atoms with Crippen molar-refractivity contribution < 1.29 is 9.47 Å². The van der Waals surface area contributed by atoms with Crippen LogP contribution in [-0.4, -0.2) is 68.4 Å². The zero-order valence-electron chi connectivity index (χ0n) is 17.4. The van der Waals surface area contributed by atoms with Crippen LogP contribution >= 0.6 is 0 Å². The molecule has 7 nitrogen and oxygen atoms in total. The average Bonchev–Trinajstić information content (AvgIpc) is 2.73. The van der Waals surface area contributed by atoms with Crippen LogP contribution in [-0.2, 0) is 6.42 Å². The van der Waals surface area contributed by atoms with E-state index in [0.29, 0.717) is 5.95 Å². The second kappa shape index (κ2) is 9.59. The van der Waals surface area contributed by atoms with E-state index in [2.05, 4.69) is 39.2 Å². The number of likely N-dealkylation sites (N-methyl/N-ethyl adjacent to an activating group) is 1. The zero-order valence-corrected chi connectivity index (χ0v) is 17.4. The van der Waals surface area contributed by atoms with E-state index in [4.69, 9.17) is 14.5 Å². The van der Waals surface area contributed by atoms with Gasteiger partial charge in [0.2, 0.25) is 5.95 Å². The maximum atomic E-state index is 5.38. The van der Waals surface area contributed by atoms with E-state index in [-0.39, 0.29) is 0 Å². The third-order valence-electron chi connectivity index (χ3n) is 5.13. The van der Waals surface area contributed by atoms with Gasteiger partial charge in [-0.1, -0.05) is 13.0 Å². The average molecular weight is 386 g/mol. The Morgan fingerprint density at radius 1 is 1.00 bits per heavy atom. The van der Waals surface area contributed by atoms with Crippen LogP contribution in [0.15, 0.2) is 24.3 Å². The number of aryl methyl sites for hydroxylation is 1. The molecule has 1 fully saturated rings. The number of benzene rings is 1. The van der Waals surface area contributed by atoms with E-state index < -0.39 is 0 Å². The monoisotopic (exact) mass is 385 g/mol. The molecule has 1 saturated heterocycles. The SMILES string of the molecule is CCN1CCN(c2cc(C)nc(NCCc3ccc(OC)c(OC)c3)n2)CC1. The maximum Gasteiger partial charge on any atom is 0.224 e. The standard InChI is InChI=1S/C21H31N5O2/c1-5-25-10-12-26(13-11-25)20-14-16(2)23-21(24-20)22-9-8-17-6-7-18(27-3)19(15-17)28-4/h6-7,14-15H,5,8-13H2,1-4H3,(H,22,23,24). The summed E-state index contributed by atoms with van der Waals surface area (Å²) in [5, 5.41) is 3.37. The van der Waals surface area contributed by atoms with Crippen molar-refractivity contribution in [1.29, 1.82) is 0 Å². The Kier molecular flexibility index (Phi) is 6.92. The minimum atomic E-state index is 0.688. The van der Waals surface area contributed by atoms with Crippen LogP contribution in [0.1, 0.15) is 18.2 Å². The van der Waals surface area contributed by atoms with E-state index in [0.717, 1.165) is 68.7 Å². The normalized spacial score (nSPS) is 14.8. The summed E-state index contributed by atoms with van der Waals surface area (Å²) in [6, 6.07) is 8.07. The number of nitrogens with one attached hydrogen (secondary N) is 1. The molecule has 0 atom stereocenters. The number of anilines is 2. The number of hydrogen-bond acceptors (Lipinski definition) is 7. The van der Waals surface area contributed by atoms with Gasteiger partial charge in [0.05, 0.1) is 14.2 Å². The summed E-state index contributed by atoms with van der Waals surface area (Å²) in [7, 11) is 3.30. The van der Waals surface area contributed by atoms with Gasteiger partial charge in [-0.25, -0.2) is 4.98 Å². The second-order valence-electron chi connectivity index (χ2n) is 6.98. The Morgan fingerprint density at radius 2 is 1.75 bits per heavy atom. The number of aromatic nitrogens is 2. The molecule has 1 aromatic heterocycles. The lowest BCUT2D eigenvalue weighted by molar-refractivity contribution is 0.270. The number of hydrogen-bond donors (Lipinski definition) is 1. The Balaban J connectivity index is 1.60. The van der Waals surface area contributed by atoms with E-state index in [1.165, 1.54) is 5.56 Å². The smallest absolute Gasteiger partial charge is 0.224 e. The molecule has 0 spiro atoms. The molecule has 0 radical (unpaired) electrons. The molecule has 0 saturated carbocycles. The molecule has 0 bridgehead atoms. The number of rotatable bonds is 8. The second-order valence-corrected chi connectivity index (χ2v) is 6.98. The molecule has 1 aliphatic rings. The molecule has 152 valence electrons. The molecular formula is C21H31N5O2. The van der Waals surface area contributed by atoms with Gasteiger partial charge in [-0.05, 0) is 37.6 Å². The molecule has 0 amide bonds. The van der Waals surface area contributed by atoms with Crippen LogP contribution in [0, 0.1) is 6.92 Å². The molecule has 0 aliphatic carbocycles. The van der Waals surface area contributed by atoms with Gasteiger partial charge in [-0.3, -0.25) is 0 Å². The Bertz CT molecular complexity index is 775. The first kappa shape index (κ1) is 20.2. The van der Waals surface area contributed by atoms with Gasteiger partial charge in [0.15, 0.2) is 11.5 Å². The maximum absolute atomic E-state index is 5.38. The highest BCUT2D eigenvalue weighted by atomic mass is 16.5. The van der Waals surface area contributed by atoms with Gasteiger partial charge in [0.1, 0.15) is 5.82 Å². The minimum Gasteiger partial charge on any atom is -0.493 e. The Morgan fingerprint density at radius 3 is 2.43 bits per heavy atom. The summed E-state index contributed by atoms with van der Waals surface area (Å²) in [6.07, 6.45) is 0.849. The largest absolute Gasteiger partial charge is 0.493 e. The van der Waals surface area contributed by atoms with Crippen LogP contribution < -0.4 is 19.7 Å². The van der Waals surface area contributed by atoms with Crippen LogP contribution in [0.3, 0.4) is 0 Å². The molecule has 2 aromatic rings. The molecule has 0 unspecified atom stereocenters. The summed E-state index contributed by atoms with van der Waals surface area (Å²) in [4.78, 5) is 14.1. The predicted molar refractivity (Wildman–Crippen MR) is 113 cm³/mol. The molecule has 7 heteroatoms. The molecular weight excluding hydrogens is 354 g/mol. The van der Waals surface area contributed by atoms with E-state index >= 15 is 0 Å². The van der Waals surface area contributed by atoms with E-state index in [1.54, 1.807) is 14.2 Å². The number of piperazine rings is 1. The van der Waals surface area contributed by atoms with Crippen molar-refractivity contribution in [1.82, 2.24) is 14.9 Å². The fourth-order valence-corrected chi connectivity index (χ4v) is 3.44. The van der Waals surface area contributed by atoms with Crippen molar-refractivity contribution in [3.8, 4) is 11.5 Å². The number of nitrogens with zero attached hydrogens (tertiary/aromatic N) is 4. The van der Waals surface area contributed by atoms with Gasteiger partial charge in [-0.2, -0.15) is 4.98 Å². The highest BCUT2D eigenvalue weighted by Crippen LogP contribution is 2.27. The predicted octanol–water partition coefficient (Wildman–Crippen LogP) is 2.60. The van der Waals surface area contributed by atoms with Gasteiger partial charge in [0, 0.05) is 44.5 Å². The molecule has 1 N–H and O–H groups in total. The highest BCUT2D eigenvalue weighted by molar-refractivity contribution is 5.46. The summed E-state index contributed by atoms with van der Waals surface area (Å²) < 4.78 is 10.7. The van der Waals surface area contributed by atoms with E-state index in [9.17, 15) is 0 Å². The topological polar surface area (TPSA) is 62.8 Å². The Labute approximate surface area is 167 Å². The fourth-order valence-electron chi connectivity index (χ4n) is 3.44.